The van der Waals surface area contributed by atoms with Crippen LogP contribution in [0.3, 0.4) is 0 Å². The van der Waals surface area contributed by atoms with Gasteiger partial charge < -0.3 is 4.98 Å². The predicted molar refractivity (Wildman–Crippen MR) is 33.9 cm³/mol. The minimum atomic E-state index is 0.0816. The smallest absolute Gasteiger partial charge is 0.157 e. The molecule has 0 aromatic carbocycles. The number of pyridine rings is 1. The second-order valence-electron chi connectivity index (χ2n) is 1.66. The van der Waals surface area contributed by atoms with Gasteiger partial charge in [-0.25, -0.2) is 9.97 Å². The Kier molecular flexibility index (Phi) is 0.509. The lowest BCUT2D eigenvalue weighted by molar-refractivity contribution is 1.30. The van der Waals surface area contributed by atoms with E-state index in [2.05, 4.69) is 15.0 Å². The highest BCUT2D eigenvalue weighted by molar-refractivity contribution is 5.68. The maximum Gasteiger partial charge on any atom is 0.157 e. The first-order chi connectivity index (χ1) is 5.25. The third kappa shape index (κ3) is 0.579. The van der Waals surface area contributed by atoms with Crippen LogP contribution in [0.5, 0.6) is 0 Å². The third-order valence-corrected chi connectivity index (χ3v) is 1.09. The lowest BCUT2D eigenvalue weighted by atomic mass is 10.4. The van der Waals surface area contributed by atoms with Crippen LogP contribution in [0, 0.1) is 0 Å². The summed E-state index contributed by atoms with van der Waals surface area (Å²) in [5.74, 6) is 0. The molecule has 2 aromatic rings. The Morgan fingerprint density at radius 3 is 3.56 bits per heavy atom. The van der Waals surface area contributed by atoms with Crippen LogP contribution in [0.2, 0.25) is 0 Å². The van der Waals surface area contributed by atoms with Crippen LogP contribution >= 0.6 is 0 Å². The first-order valence-corrected chi connectivity index (χ1v) is 2.56. The van der Waals surface area contributed by atoms with E-state index in [9.17, 15) is 0 Å². The molecule has 0 amide bonds. The zero-order valence-corrected chi connectivity index (χ0v) is 4.55. The van der Waals surface area contributed by atoms with Crippen LogP contribution in [0.15, 0.2) is 24.6 Å². The summed E-state index contributed by atoms with van der Waals surface area (Å²) in [7, 11) is 0. The fourth-order valence-electron chi connectivity index (χ4n) is 0.678. The van der Waals surface area contributed by atoms with Gasteiger partial charge in [0, 0.05) is 6.17 Å². The molecule has 0 fully saturated rings. The summed E-state index contributed by atoms with van der Waals surface area (Å²) < 4.78 is 14.3. The number of hydrogen-bond donors (Lipinski definition) is 1. The molecule has 2 aromatic heterocycles. The fourth-order valence-corrected chi connectivity index (χ4v) is 0.678. The molecule has 44 valence electrons. The van der Waals surface area contributed by atoms with Crippen LogP contribution in [-0.4, -0.2) is 15.0 Å². The van der Waals surface area contributed by atoms with E-state index in [0.29, 0.717) is 11.2 Å². The predicted octanol–water partition coefficient (Wildman–Crippen LogP) is 0.958. The maximum absolute atomic E-state index is 7.17. The molecule has 0 spiro atoms. The number of nitrogens with zero attached hydrogens (tertiary/aromatic N) is 2. The average molecular weight is 121 g/mol. The van der Waals surface area contributed by atoms with E-state index in [1.165, 1.54) is 0 Å². The third-order valence-electron chi connectivity index (χ3n) is 1.09. The van der Waals surface area contributed by atoms with E-state index in [4.69, 9.17) is 2.74 Å². The van der Waals surface area contributed by atoms with Crippen molar-refractivity contribution in [2.75, 3.05) is 0 Å². The Balaban J connectivity index is 2.82. The summed E-state index contributed by atoms with van der Waals surface area (Å²) in [6, 6.07) is 3.21. The van der Waals surface area contributed by atoms with Crippen molar-refractivity contribution >= 4 is 11.2 Å². The number of H-pyrrole nitrogens is 1. The average Bonchev–Trinajstić information content (AvgIpc) is 2.27. The van der Waals surface area contributed by atoms with Crippen molar-refractivity contribution in [3.8, 4) is 0 Å². The quantitative estimate of drug-likeness (QED) is 0.564. The zero-order valence-electron chi connectivity index (χ0n) is 6.55. The monoisotopic (exact) mass is 121 g/mol. The molecule has 0 aliphatic rings. The lowest BCUT2D eigenvalue weighted by Gasteiger charge is -1.80. The van der Waals surface area contributed by atoms with Crippen LogP contribution in [-0.2, 0) is 0 Å². The number of imidazole rings is 1. The summed E-state index contributed by atoms with van der Waals surface area (Å²) in [5.41, 5.74) is 1.13. The van der Waals surface area contributed by atoms with Crippen molar-refractivity contribution in [2.24, 2.45) is 0 Å². The summed E-state index contributed by atoms with van der Waals surface area (Å²) in [6.45, 7) is 0. The van der Waals surface area contributed by atoms with Gasteiger partial charge in [0.05, 0.1) is 7.67 Å². The first kappa shape index (κ1) is 2.96. The Bertz CT molecular complexity index is 396. The van der Waals surface area contributed by atoms with E-state index in [-0.39, 0.29) is 12.5 Å². The van der Waals surface area contributed by atoms with Gasteiger partial charge in [-0.3, -0.25) is 0 Å². The standard InChI is InChI=1S/C6H5N3/c1-2-5-6(7-3-1)9-4-8-5/h1-4H,(H,7,8,9)/i3D,4D. The van der Waals surface area contributed by atoms with Gasteiger partial charge in [-0.15, -0.1) is 0 Å². The molecular formula is C6H5N3. The molecule has 0 bridgehead atoms. The van der Waals surface area contributed by atoms with Crippen molar-refractivity contribution in [3.63, 3.8) is 0 Å². The molecule has 0 atom stereocenters. The number of aromatic amines is 1. The van der Waals surface area contributed by atoms with Crippen molar-refractivity contribution in [2.45, 2.75) is 0 Å². The normalized spacial score (nSPS) is 13.3. The molecule has 0 saturated heterocycles. The van der Waals surface area contributed by atoms with E-state index in [1.807, 2.05) is 0 Å². The molecule has 1 N–H and O–H groups in total. The van der Waals surface area contributed by atoms with Gasteiger partial charge in [-0.2, -0.15) is 0 Å². The van der Waals surface area contributed by atoms with Crippen LogP contribution < -0.4 is 0 Å². The SMILES string of the molecule is [2H]c1ccc2nc([2H])[nH]c2n1. The number of fused-ring (bicyclic) bond motifs is 1. The van der Waals surface area contributed by atoms with Gasteiger partial charge in [0.1, 0.15) is 6.89 Å². The van der Waals surface area contributed by atoms with Gasteiger partial charge in [-0.05, 0) is 12.1 Å². The molecule has 2 heterocycles. The van der Waals surface area contributed by atoms with E-state index in [1.54, 1.807) is 12.1 Å². The van der Waals surface area contributed by atoms with E-state index in [0.717, 1.165) is 0 Å². The van der Waals surface area contributed by atoms with Gasteiger partial charge in [-0.1, -0.05) is 0 Å². The lowest BCUT2D eigenvalue weighted by Crippen LogP contribution is -1.71. The molecule has 0 saturated carbocycles. The second-order valence-corrected chi connectivity index (χ2v) is 1.66. The number of rotatable bonds is 0. The highest BCUT2D eigenvalue weighted by Crippen LogP contribution is 2.01. The molecule has 0 radical (unpaired) electrons. The summed E-state index contributed by atoms with van der Waals surface area (Å²) in [5, 5.41) is 0. The Hall–Kier alpha value is -1.38. The molecule has 3 nitrogen and oxygen atoms in total. The second kappa shape index (κ2) is 1.55. The molecule has 0 aliphatic heterocycles. The molecular weight excluding hydrogens is 114 g/mol. The zero-order chi connectivity index (χ0) is 7.84. The van der Waals surface area contributed by atoms with Gasteiger partial charge in [0.15, 0.2) is 5.65 Å². The maximum atomic E-state index is 7.17. The minimum absolute atomic E-state index is 0.0816. The largest absolute Gasteiger partial charge is 0.329 e. The topological polar surface area (TPSA) is 41.6 Å². The summed E-state index contributed by atoms with van der Waals surface area (Å²) in [6.07, 6.45) is 0.263. The Morgan fingerprint density at radius 2 is 2.56 bits per heavy atom. The highest BCUT2D eigenvalue weighted by Gasteiger charge is 1.90. The first-order valence-electron chi connectivity index (χ1n) is 3.56. The Labute approximate surface area is 54.6 Å². The number of nitrogens with one attached hydrogen (secondary N) is 1. The highest BCUT2D eigenvalue weighted by atomic mass is 14.9. The summed E-state index contributed by atoms with van der Waals surface area (Å²) >= 11 is 0. The van der Waals surface area contributed by atoms with Crippen molar-refractivity contribution in [1.82, 2.24) is 15.0 Å². The molecule has 0 unspecified atom stereocenters. The van der Waals surface area contributed by atoms with Gasteiger partial charge >= 0.3 is 0 Å². The van der Waals surface area contributed by atoms with Crippen molar-refractivity contribution in [1.29, 1.82) is 0 Å². The van der Waals surface area contributed by atoms with E-state index < -0.39 is 0 Å². The van der Waals surface area contributed by atoms with Crippen molar-refractivity contribution in [3.05, 3.63) is 24.6 Å². The molecule has 9 heavy (non-hydrogen) atoms. The Morgan fingerprint density at radius 1 is 1.56 bits per heavy atom. The van der Waals surface area contributed by atoms with Crippen LogP contribution in [0.1, 0.15) is 2.74 Å². The van der Waals surface area contributed by atoms with Crippen LogP contribution in [0.4, 0.5) is 0 Å². The van der Waals surface area contributed by atoms with Crippen molar-refractivity contribution < 1.29 is 2.74 Å². The molecule has 3 heteroatoms. The molecule has 2 rings (SSSR count). The molecule has 0 aliphatic carbocycles. The fraction of sp³-hybridized carbons (Fsp3) is 0. The van der Waals surface area contributed by atoms with Crippen LogP contribution in [0.25, 0.3) is 11.2 Å². The number of aromatic nitrogens is 3. The van der Waals surface area contributed by atoms with Gasteiger partial charge in [0.25, 0.3) is 0 Å². The summed E-state index contributed by atoms with van der Waals surface area (Å²) in [4.78, 5) is 10.3. The van der Waals surface area contributed by atoms with E-state index >= 15 is 0 Å². The van der Waals surface area contributed by atoms with Gasteiger partial charge in [0.2, 0.25) is 0 Å². The number of hydrogen-bond acceptors (Lipinski definition) is 2. The minimum Gasteiger partial charge on any atom is -0.329 e.